The summed E-state index contributed by atoms with van der Waals surface area (Å²) in [4.78, 5) is 33.6. The van der Waals surface area contributed by atoms with Gasteiger partial charge in [-0.05, 0) is 39.0 Å². The highest BCUT2D eigenvalue weighted by molar-refractivity contribution is 5.82. The number of carbonyl (C=O) groups is 3. The summed E-state index contributed by atoms with van der Waals surface area (Å²) in [6.07, 6.45) is 12.7. The first-order chi connectivity index (χ1) is 11.9. The molecule has 0 bridgehead atoms. The summed E-state index contributed by atoms with van der Waals surface area (Å²) in [5.41, 5.74) is 0. The predicted octanol–water partition coefficient (Wildman–Crippen LogP) is 3.71. The molecule has 25 heavy (non-hydrogen) atoms. The Labute approximate surface area is 150 Å². The minimum Gasteiger partial charge on any atom is -0.481 e. The number of aliphatic hydroxyl groups excluding tert-OH is 1. The van der Waals surface area contributed by atoms with Crippen molar-refractivity contribution in [3.8, 4) is 0 Å². The number of unbranched alkanes of at least 4 members (excludes halogenated alkanes) is 3. The van der Waals surface area contributed by atoms with Crippen molar-refractivity contribution in [3.05, 3.63) is 24.3 Å². The van der Waals surface area contributed by atoms with Gasteiger partial charge in [0.25, 0.3) is 0 Å². The monoisotopic (exact) mass is 352 g/mol. The van der Waals surface area contributed by atoms with E-state index in [0.717, 1.165) is 12.8 Å². The van der Waals surface area contributed by atoms with Crippen molar-refractivity contribution in [3.63, 3.8) is 0 Å². The van der Waals surface area contributed by atoms with Crippen LogP contribution in [0.15, 0.2) is 24.3 Å². The zero-order valence-electron chi connectivity index (χ0n) is 15.4. The van der Waals surface area contributed by atoms with Crippen molar-refractivity contribution in [1.82, 2.24) is 0 Å². The van der Waals surface area contributed by atoms with Crippen molar-refractivity contribution in [2.75, 3.05) is 0 Å². The number of ketones is 1. The molecule has 0 aromatic carbocycles. The third-order valence-corrected chi connectivity index (χ3v) is 4.12. The number of aldehydes is 1. The zero-order valence-corrected chi connectivity index (χ0v) is 15.4. The summed E-state index contributed by atoms with van der Waals surface area (Å²) in [5.74, 6) is -2.22. The van der Waals surface area contributed by atoms with Crippen LogP contribution < -0.4 is 0 Å². The number of aliphatic carboxylic acids is 1. The highest BCUT2D eigenvalue weighted by atomic mass is 16.4. The lowest BCUT2D eigenvalue weighted by Crippen LogP contribution is -2.22. The largest absolute Gasteiger partial charge is 0.481 e. The van der Waals surface area contributed by atoms with E-state index in [1.165, 1.54) is 19.8 Å². The van der Waals surface area contributed by atoms with Gasteiger partial charge in [-0.2, -0.15) is 0 Å². The molecule has 0 heterocycles. The SMILES string of the molecule is CCCCC/C=C\CC(O)/C=C/[C@H](C=O)[C@H](CCCC(=O)O)C(C)=O. The normalized spacial score (nSPS) is 15.3. The Hall–Kier alpha value is -1.75. The molecule has 0 aromatic heterocycles. The van der Waals surface area contributed by atoms with Crippen LogP contribution in [0.2, 0.25) is 0 Å². The van der Waals surface area contributed by atoms with Gasteiger partial charge in [0.15, 0.2) is 0 Å². The quantitative estimate of drug-likeness (QED) is 0.266. The van der Waals surface area contributed by atoms with E-state index in [4.69, 9.17) is 5.11 Å². The first-order valence-electron chi connectivity index (χ1n) is 9.11. The Morgan fingerprint density at radius 3 is 2.36 bits per heavy atom. The van der Waals surface area contributed by atoms with Crippen LogP contribution in [-0.2, 0) is 14.4 Å². The van der Waals surface area contributed by atoms with E-state index < -0.39 is 23.9 Å². The summed E-state index contributed by atoms with van der Waals surface area (Å²) >= 11 is 0. The second-order valence-corrected chi connectivity index (χ2v) is 6.37. The van der Waals surface area contributed by atoms with Gasteiger partial charge in [-0.1, -0.05) is 44.1 Å². The van der Waals surface area contributed by atoms with Gasteiger partial charge in [0.1, 0.15) is 12.1 Å². The number of aliphatic hydroxyl groups is 1. The van der Waals surface area contributed by atoms with Gasteiger partial charge in [0, 0.05) is 18.3 Å². The summed E-state index contributed by atoms with van der Waals surface area (Å²) in [5, 5.41) is 18.6. The Kier molecular flexibility index (Phi) is 13.6. The van der Waals surface area contributed by atoms with E-state index >= 15 is 0 Å². The van der Waals surface area contributed by atoms with Crippen molar-refractivity contribution >= 4 is 18.0 Å². The van der Waals surface area contributed by atoms with Gasteiger partial charge in [0.2, 0.25) is 0 Å². The predicted molar refractivity (Wildman–Crippen MR) is 98.3 cm³/mol. The summed E-state index contributed by atoms with van der Waals surface area (Å²) < 4.78 is 0. The Balaban J connectivity index is 4.48. The second kappa shape index (κ2) is 14.6. The molecule has 0 aliphatic rings. The van der Waals surface area contributed by atoms with Crippen molar-refractivity contribution in [2.24, 2.45) is 11.8 Å². The number of Topliss-reactive ketones (excluding diaryl/α,β-unsaturated/α-hetero) is 1. The number of carboxylic acids is 1. The van der Waals surface area contributed by atoms with Crippen LogP contribution in [-0.4, -0.2) is 34.4 Å². The average molecular weight is 352 g/mol. The smallest absolute Gasteiger partial charge is 0.303 e. The van der Waals surface area contributed by atoms with Crippen LogP contribution in [0.3, 0.4) is 0 Å². The molecule has 0 aromatic rings. The second-order valence-electron chi connectivity index (χ2n) is 6.37. The lowest BCUT2D eigenvalue weighted by molar-refractivity contribution is -0.137. The third-order valence-electron chi connectivity index (χ3n) is 4.12. The minimum absolute atomic E-state index is 0.0233. The van der Waals surface area contributed by atoms with Gasteiger partial charge >= 0.3 is 5.97 Å². The Morgan fingerprint density at radius 1 is 1.08 bits per heavy atom. The fourth-order valence-electron chi connectivity index (χ4n) is 2.62. The third kappa shape index (κ3) is 12.3. The topological polar surface area (TPSA) is 91.7 Å². The Bertz CT molecular complexity index is 453. The average Bonchev–Trinajstić information content (AvgIpc) is 2.56. The van der Waals surface area contributed by atoms with E-state index in [1.807, 2.05) is 12.2 Å². The van der Waals surface area contributed by atoms with Crippen LogP contribution in [0.25, 0.3) is 0 Å². The van der Waals surface area contributed by atoms with Crippen molar-refractivity contribution < 1.29 is 24.6 Å². The molecule has 2 N–H and O–H groups in total. The van der Waals surface area contributed by atoms with E-state index in [-0.39, 0.29) is 12.2 Å². The standard InChI is InChI=1S/C20H32O5/c1-3-4-5-6-7-8-10-18(23)14-13-17(15-21)19(16(2)22)11-9-12-20(24)25/h7-8,13-15,17-19,23H,3-6,9-12H2,1-2H3,(H,24,25)/b8-7-,14-13+/t17-,18?,19-/m1/s1. The molecule has 0 saturated heterocycles. The van der Waals surface area contributed by atoms with Gasteiger partial charge in [-0.15, -0.1) is 0 Å². The van der Waals surface area contributed by atoms with Gasteiger partial charge in [0.05, 0.1) is 6.10 Å². The summed E-state index contributed by atoms with van der Waals surface area (Å²) in [6.45, 7) is 3.56. The van der Waals surface area contributed by atoms with Crippen molar-refractivity contribution in [1.29, 1.82) is 0 Å². The van der Waals surface area contributed by atoms with Crippen LogP contribution >= 0.6 is 0 Å². The lowest BCUT2D eigenvalue weighted by atomic mass is 9.85. The molecule has 5 heteroatoms. The van der Waals surface area contributed by atoms with Crippen molar-refractivity contribution in [2.45, 2.75) is 71.3 Å². The minimum atomic E-state index is -0.915. The molecule has 0 spiro atoms. The number of hydrogen-bond acceptors (Lipinski definition) is 4. The van der Waals surface area contributed by atoms with Gasteiger partial charge in [-0.3, -0.25) is 9.59 Å². The summed E-state index contributed by atoms with van der Waals surface area (Å²) in [7, 11) is 0. The number of hydrogen-bond donors (Lipinski definition) is 2. The molecule has 3 atom stereocenters. The Morgan fingerprint density at radius 2 is 1.80 bits per heavy atom. The molecule has 0 amide bonds. The maximum absolute atomic E-state index is 11.7. The van der Waals surface area contributed by atoms with Gasteiger partial charge in [-0.25, -0.2) is 0 Å². The first kappa shape index (κ1) is 23.2. The number of allylic oxidation sites excluding steroid dienone is 2. The van der Waals surface area contributed by atoms with E-state index in [1.54, 1.807) is 12.2 Å². The molecule has 1 unspecified atom stereocenters. The van der Waals surface area contributed by atoms with E-state index in [0.29, 0.717) is 25.5 Å². The van der Waals surface area contributed by atoms with Crippen LogP contribution in [0.4, 0.5) is 0 Å². The molecule has 142 valence electrons. The highest BCUT2D eigenvalue weighted by Crippen LogP contribution is 2.20. The molecular weight excluding hydrogens is 320 g/mol. The zero-order chi connectivity index (χ0) is 19.1. The van der Waals surface area contributed by atoms with Crippen LogP contribution in [0.1, 0.15) is 65.2 Å². The van der Waals surface area contributed by atoms with Crippen LogP contribution in [0.5, 0.6) is 0 Å². The molecule has 0 radical (unpaired) electrons. The van der Waals surface area contributed by atoms with Crippen LogP contribution in [0, 0.1) is 11.8 Å². The molecular formula is C20H32O5. The number of carboxylic acid groups (broad SMARTS) is 1. The molecule has 0 rings (SSSR count). The van der Waals surface area contributed by atoms with E-state index in [2.05, 4.69) is 6.92 Å². The fraction of sp³-hybridized carbons (Fsp3) is 0.650. The molecule has 5 nitrogen and oxygen atoms in total. The maximum atomic E-state index is 11.7. The summed E-state index contributed by atoms with van der Waals surface area (Å²) in [6, 6.07) is 0. The molecule has 0 fully saturated rings. The van der Waals surface area contributed by atoms with Gasteiger partial charge < -0.3 is 15.0 Å². The molecule has 0 saturated carbocycles. The molecule has 0 aliphatic carbocycles. The fourth-order valence-corrected chi connectivity index (χ4v) is 2.62. The first-order valence-corrected chi connectivity index (χ1v) is 9.11. The molecule has 0 aliphatic heterocycles. The highest BCUT2D eigenvalue weighted by Gasteiger charge is 2.23. The maximum Gasteiger partial charge on any atom is 0.303 e. The number of carbonyl (C=O) groups excluding carboxylic acids is 2. The lowest BCUT2D eigenvalue weighted by Gasteiger charge is -2.17. The number of rotatable bonds is 15. The van der Waals surface area contributed by atoms with E-state index in [9.17, 15) is 19.5 Å².